The molecule has 2 aromatic rings. The molecule has 6 heteroatoms. The topological polar surface area (TPSA) is 62.2 Å². The molecule has 0 saturated carbocycles. The summed E-state index contributed by atoms with van der Waals surface area (Å²) in [7, 11) is 0. The first kappa shape index (κ1) is 17.9. The average Bonchev–Trinajstić information content (AvgIpc) is 2.88. The van der Waals surface area contributed by atoms with Crippen LogP contribution in [0.15, 0.2) is 24.3 Å². The largest absolute Gasteiger partial charge is 0.394 e. The second-order valence-corrected chi connectivity index (χ2v) is 7.30. The monoisotopic (exact) mass is 352 g/mol. The van der Waals surface area contributed by atoms with Crippen LogP contribution in [0.25, 0.3) is 10.6 Å². The minimum absolute atomic E-state index is 0.0703. The number of aliphatic hydroxyl groups is 1. The molecule has 1 aromatic heterocycles. The maximum Gasteiger partial charge on any atom is 0.263 e. The highest BCUT2D eigenvalue weighted by Crippen LogP contribution is 2.32. The van der Waals surface area contributed by atoms with Crippen LogP contribution in [-0.4, -0.2) is 28.6 Å². The van der Waals surface area contributed by atoms with Gasteiger partial charge in [0, 0.05) is 5.56 Å². The van der Waals surface area contributed by atoms with Crippen LogP contribution in [0.2, 0.25) is 5.02 Å². The van der Waals surface area contributed by atoms with Gasteiger partial charge in [0.2, 0.25) is 0 Å². The van der Waals surface area contributed by atoms with E-state index in [1.54, 1.807) is 6.07 Å². The Morgan fingerprint density at radius 2 is 2.09 bits per heavy atom. The zero-order valence-corrected chi connectivity index (χ0v) is 15.0. The Labute approximate surface area is 145 Å². The lowest BCUT2D eigenvalue weighted by Gasteiger charge is -2.17. The first-order chi connectivity index (χ1) is 10.9. The number of nitrogens with zero attached hydrogens (tertiary/aromatic N) is 1. The van der Waals surface area contributed by atoms with Crippen molar-refractivity contribution in [1.29, 1.82) is 0 Å². The number of nitrogens with one attached hydrogen (secondary N) is 1. The number of thiazole rings is 1. The van der Waals surface area contributed by atoms with Crippen LogP contribution in [0.4, 0.5) is 0 Å². The smallest absolute Gasteiger partial charge is 0.263 e. The highest BCUT2D eigenvalue weighted by Gasteiger charge is 2.20. The van der Waals surface area contributed by atoms with E-state index in [0.29, 0.717) is 21.5 Å². The standard InChI is InChI=1S/C17H21ClN2O2S/c1-10(2)8-12(9-21)20-16(22)15-11(3)19-17(23-15)13-6-4-5-7-14(13)18/h4-7,10,12,21H,8-9H2,1-3H3,(H,20,22)/t12-/m1/s1. The van der Waals surface area contributed by atoms with Gasteiger partial charge in [0.05, 0.1) is 23.4 Å². The first-order valence-electron chi connectivity index (χ1n) is 7.56. The summed E-state index contributed by atoms with van der Waals surface area (Å²) >= 11 is 7.51. The zero-order chi connectivity index (χ0) is 17.0. The molecular formula is C17H21ClN2O2S. The normalized spacial score (nSPS) is 12.4. The minimum atomic E-state index is -0.243. The molecule has 0 aliphatic heterocycles. The van der Waals surface area contributed by atoms with Gasteiger partial charge in [-0.05, 0) is 25.3 Å². The molecule has 0 fully saturated rings. The van der Waals surface area contributed by atoms with Crippen molar-refractivity contribution in [1.82, 2.24) is 10.3 Å². The molecule has 0 unspecified atom stereocenters. The lowest BCUT2D eigenvalue weighted by Crippen LogP contribution is -2.38. The third-order valence-electron chi connectivity index (χ3n) is 3.42. The van der Waals surface area contributed by atoms with Crippen molar-refractivity contribution >= 4 is 28.8 Å². The highest BCUT2D eigenvalue weighted by atomic mass is 35.5. The predicted octanol–water partition coefficient (Wildman–Crippen LogP) is 3.91. The van der Waals surface area contributed by atoms with Crippen LogP contribution >= 0.6 is 22.9 Å². The fourth-order valence-electron chi connectivity index (χ4n) is 2.36. The molecule has 124 valence electrons. The number of aliphatic hydroxyl groups excluding tert-OH is 1. The summed E-state index contributed by atoms with van der Waals surface area (Å²) in [6, 6.07) is 7.20. The predicted molar refractivity (Wildman–Crippen MR) is 95.1 cm³/mol. The summed E-state index contributed by atoms with van der Waals surface area (Å²) in [6.45, 7) is 5.85. The summed E-state index contributed by atoms with van der Waals surface area (Å²) in [6.07, 6.45) is 0.734. The van der Waals surface area contributed by atoms with Gasteiger partial charge in [0.15, 0.2) is 0 Å². The zero-order valence-electron chi connectivity index (χ0n) is 13.5. The Morgan fingerprint density at radius 3 is 2.70 bits per heavy atom. The quantitative estimate of drug-likeness (QED) is 0.828. The van der Waals surface area contributed by atoms with E-state index in [4.69, 9.17) is 11.6 Å². The molecule has 0 saturated heterocycles. The van der Waals surface area contributed by atoms with Crippen LogP contribution < -0.4 is 5.32 Å². The number of benzene rings is 1. The van der Waals surface area contributed by atoms with Crippen molar-refractivity contribution < 1.29 is 9.90 Å². The Bertz CT molecular complexity index is 685. The molecule has 4 nitrogen and oxygen atoms in total. The summed E-state index contributed by atoms with van der Waals surface area (Å²) in [4.78, 5) is 17.5. The maximum atomic E-state index is 12.5. The van der Waals surface area contributed by atoms with E-state index in [0.717, 1.165) is 17.0 Å². The van der Waals surface area contributed by atoms with Crippen molar-refractivity contribution in [2.24, 2.45) is 5.92 Å². The first-order valence-corrected chi connectivity index (χ1v) is 8.75. The van der Waals surface area contributed by atoms with Crippen LogP contribution in [0.1, 0.15) is 35.6 Å². The Kier molecular flexibility index (Phi) is 6.16. The fraction of sp³-hybridized carbons (Fsp3) is 0.412. The van der Waals surface area contributed by atoms with Gasteiger partial charge in [-0.2, -0.15) is 0 Å². The number of hydrogen-bond acceptors (Lipinski definition) is 4. The Hall–Kier alpha value is -1.43. The Balaban J connectivity index is 2.21. The number of halogens is 1. The molecule has 0 spiro atoms. The van der Waals surface area contributed by atoms with Gasteiger partial charge in [-0.15, -0.1) is 11.3 Å². The van der Waals surface area contributed by atoms with Crippen LogP contribution in [-0.2, 0) is 0 Å². The van der Waals surface area contributed by atoms with E-state index in [2.05, 4.69) is 24.1 Å². The summed E-state index contributed by atoms with van der Waals surface area (Å²) in [5.41, 5.74) is 1.49. The number of aryl methyl sites for hydroxylation is 1. The minimum Gasteiger partial charge on any atom is -0.394 e. The molecular weight excluding hydrogens is 332 g/mol. The van der Waals surface area contributed by atoms with Crippen molar-refractivity contribution in [2.45, 2.75) is 33.2 Å². The van der Waals surface area contributed by atoms with Gasteiger partial charge >= 0.3 is 0 Å². The van der Waals surface area contributed by atoms with E-state index >= 15 is 0 Å². The van der Waals surface area contributed by atoms with E-state index < -0.39 is 0 Å². The number of rotatable bonds is 6. The number of aromatic nitrogens is 1. The molecule has 0 aliphatic rings. The average molecular weight is 353 g/mol. The van der Waals surface area contributed by atoms with E-state index in [-0.39, 0.29) is 18.6 Å². The number of amides is 1. The van der Waals surface area contributed by atoms with Crippen LogP contribution in [0.5, 0.6) is 0 Å². The van der Waals surface area contributed by atoms with Gasteiger partial charge in [-0.3, -0.25) is 4.79 Å². The van der Waals surface area contributed by atoms with Gasteiger partial charge in [0.25, 0.3) is 5.91 Å². The summed E-state index contributed by atoms with van der Waals surface area (Å²) in [5, 5.41) is 13.6. The molecule has 1 amide bonds. The number of carbonyl (C=O) groups is 1. The second-order valence-electron chi connectivity index (χ2n) is 5.90. The highest BCUT2D eigenvalue weighted by molar-refractivity contribution is 7.17. The lowest BCUT2D eigenvalue weighted by molar-refractivity contribution is 0.0911. The van der Waals surface area contributed by atoms with E-state index in [9.17, 15) is 9.90 Å². The van der Waals surface area contributed by atoms with Gasteiger partial charge < -0.3 is 10.4 Å². The summed E-state index contributed by atoms with van der Waals surface area (Å²) in [5.74, 6) is 0.201. The van der Waals surface area contributed by atoms with Crippen molar-refractivity contribution in [3.63, 3.8) is 0 Å². The fourth-order valence-corrected chi connectivity index (χ4v) is 3.65. The third-order valence-corrected chi connectivity index (χ3v) is 4.94. The lowest BCUT2D eigenvalue weighted by atomic mass is 10.0. The molecule has 1 atom stereocenters. The Morgan fingerprint density at radius 1 is 1.39 bits per heavy atom. The van der Waals surface area contributed by atoms with Crippen molar-refractivity contribution in [3.8, 4) is 10.6 Å². The molecule has 0 aliphatic carbocycles. The van der Waals surface area contributed by atoms with Crippen molar-refractivity contribution in [2.75, 3.05) is 6.61 Å². The molecule has 1 heterocycles. The van der Waals surface area contributed by atoms with Gasteiger partial charge in [0.1, 0.15) is 9.88 Å². The second kappa shape index (κ2) is 7.90. The molecule has 23 heavy (non-hydrogen) atoms. The van der Waals surface area contributed by atoms with Gasteiger partial charge in [-0.1, -0.05) is 43.6 Å². The SMILES string of the molecule is Cc1nc(-c2ccccc2Cl)sc1C(=O)N[C@@H](CO)CC(C)C. The number of hydrogen-bond donors (Lipinski definition) is 2. The molecule has 0 radical (unpaired) electrons. The molecule has 1 aromatic carbocycles. The molecule has 0 bridgehead atoms. The number of carbonyl (C=O) groups excluding carboxylic acids is 1. The van der Waals surface area contributed by atoms with Gasteiger partial charge in [-0.25, -0.2) is 4.98 Å². The summed E-state index contributed by atoms with van der Waals surface area (Å²) < 4.78 is 0. The van der Waals surface area contributed by atoms with Crippen molar-refractivity contribution in [3.05, 3.63) is 39.9 Å². The molecule has 2 rings (SSSR count). The maximum absolute atomic E-state index is 12.5. The molecule has 2 N–H and O–H groups in total. The van der Waals surface area contributed by atoms with E-state index in [1.807, 2.05) is 25.1 Å². The van der Waals surface area contributed by atoms with Crippen LogP contribution in [0, 0.1) is 12.8 Å². The third kappa shape index (κ3) is 4.53. The van der Waals surface area contributed by atoms with E-state index in [1.165, 1.54) is 11.3 Å². The van der Waals surface area contributed by atoms with Crippen LogP contribution in [0.3, 0.4) is 0 Å².